The van der Waals surface area contributed by atoms with Crippen molar-refractivity contribution >= 4 is 5.91 Å². The third kappa shape index (κ3) is 7.67. The summed E-state index contributed by atoms with van der Waals surface area (Å²) in [4.78, 5) is 12.5. The number of aliphatic hydroxyl groups is 2. The molecule has 2 aliphatic rings. The lowest BCUT2D eigenvalue weighted by Gasteiger charge is -2.42. The summed E-state index contributed by atoms with van der Waals surface area (Å²) in [5.41, 5.74) is 6.00. The molecule has 0 unspecified atom stereocenters. The molecule has 31 heavy (non-hydrogen) atoms. The Bertz CT molecular complexity index is 534. The lowest BCUT2D eigenvalue weighted by molar-refractivity contribution is -0.286. The van der Waals surface area contributed by atoms with E-state index in [1.165, 1.54) is 0 Å². The molecule has 0 bridgehead atoms. The van der Waals surface area contributed by atoms with E-state index in [-0.39, 0.29) is 17.9 Å². The van der Waals surface area contributed by atoms with Crippen molar-refractivity contribution in [2.45, 2.75) is 122 Å². The first-order valence-corrected chi connectivity index (χ1v) is 12.5. The van der Waals surface area contributed by atoms with Gasteiger partial charge in [-0.1, -0.05) is 40.0 Å². The van der Waals surface area contributed by atoms with Crippen molar-refractivity contribution in [2.75, 3.05) is 6.54 Å². The molecule has 0 aromatic carbocycles. The topological polar surface area (TPSA) is 114 Å². The van der Waals surface area contributed by atoms with Gasteiger partial charge < -0.3 is 30.7 Å². The fourth-order valence-corrected chi connectivity index (χ4v) is 4.97. The van der Waals surface area contributed by atoms with E-state index in [0.29, 0.717) is 18.4 Å². The van der Waals surface area contributed by atoms with Crippen LogP contribution in [0.15, 0.2) is 0 Å². The third-order valence-electron chi connectivity index (χ3n) is 7.36. The van der Waals surface area contributed by atoms with Crippen LogP contribution < -0.4 is 11.1 Å². The molecule has 0 aromatic heterocycles. The minimum Gasteiger partial charge on any atom is -0.389 e. The van der Waals surface area contributed by atoms with Gasteiger partial charge in [0.25, 0.3) is 0 Å². The van der Waals surface area contributed by atoms with Gasteiger partial charge in [0, 0.05) is 12.5 Å². The van der Waals surface area contributed by atoms with Crippen LogP contribution in [-0.2, 0) is 14.3 Å². The molecule has 2 fully saturated rings. The molecular weight excluding hydrogens is 396 g/mol. The Morgan fingerprint density at radius 1 is 1.03 bits per heavy atom. The minimum absolute atomic E-state index is 0.0521. The van der Waals surface area contributed by atoms with E-state index in [4.69, 9.17) is 15.2 Å². The molecule has 0 aliphatic carbocycles. The molecule has 7 heteroatoms. The van der Waals surface area contributed by atoms with Crippen LogP contribution in [0.5, 0.6) is 0 Å². The molecular formula is C24H46N2O5. The highest BCUT2D eigenvalue weighted by atomic mass is 16.7. The van der Waals surface area contributed by atoms with Crippen LogP contribution >= 0.6 is 0 Å². The van der Waals surface area contributed by atoms with Gasteiger partial charge in [-0.2, -0.15) is 0 Å². The first-order chi connectivity index (χ1) is 14.8. The first kappa shape index (κ1) is 26.5. The van der Waals surface area contributed by atoms with E-state index in [1.807, 2.05) is 0 Å². The van der Waals surface area contributed by atoms with Gasteiger partial charge in [0.05, 0.1) is 24.4 Å². The first-order valence-electron chi connectivity index (χ1n) is 12.5. The van der Waals surface area contributed by atoms with Gasteiger partial charge in [-0.3, -0.25) is 4.79 Å². The predicted molar refractivity (Wildman–Crippen MR) is 121 cm³/mol. The second-order valence-electron chi connectivity index (χ2n) is 9.76. The number of hydrogen-bond donors (Lipinski definition) is 4. The maximum Gasteiger partial charge on any atom is 0.223 e. The van der Waals surface area contributed by atoms with Gasteiger partial charge >= 0.3 is 0 Å². The number of aliphatic hydroxyl groups excluding tert-OH is 2. The van der Waals surface area contributed by atoms with Gasteiger partial charge in [0.15, 0.2) is 6.29 Å². The van der Waals surface area contributed by atoms with Crippen LogP contribution in [0, 0.1) is 17.8 Å². The monoisotopic (exact) mass is 442 g/mol. The Morgan fingerprint density at radius 3 is 2.45 bits per heavy atom. The lowest BCUT2D eigenvalue weighted by atomic mass is 9.86. The molecule has 2 aliphatic heterocycles. The average Bonchev–Trinajstić information content (AvgIpc) is 2.75. The highest BCUT2D eigenvalue weighted by Gasteiger charge is 2.42. The molecule has 2 saturated heterocycles. The van der Waals surface area contributed by atoms with Gasteiger partial charge in [-0.25, -0.2) is 0 Å². The smallest absolute Gasteiger partial charge is 0.223 e. The Labute approximate surface area is 188 Å². The number of carbonyl (C=O) groups excluding carboxylic acids is 1. The van der Waals surface area contributed by atoms with Gasteiger partial charge in [-0.05, 0) is 57.3 Å². The van der Waals surface area contributed by atoms with Crippen LogP contribution in [0.4, 0.5) is 0 Å². The molecule has 2 rings (SSSR count). The van der Waals surface area contributed by atoms with Crippen LogP contribution in [0.3, 0.4) is 0 Å². The fraction of sp³-hybridized carbons (Fsp3) is 0.958. The summed E-state index contributed by atoms with van der Waals surface area (Å²) >= 11 is 0. The lowest BCUT2D eigenvalue weighted by Crippen LogP contribution is -2.61. The van der Waals surface area contributed by atoms with Crippen LogP contribution in [-0.4, -0.2) is 59.4 Å². The van der Waals surface area contributed by atoms with Gasteiger partial charge in [0.1, 0.15) is 6.10 Å². The normalized spacial score (nSPS) is 41.9. The van der Waals surface area contributed by atoms with E-state index in [1.54, 1.807) is 6.92 Å². The SMILES string of the molecule is CC[C@H]1CCC[C@@H](C)CC[C@@H](O[C@@H]2O[C@@H](C)[C@H](O)[C@@H](N)[C@H]2O)[C@H](CC)CCCNC1=O. The van der Waals surface area contributed by atoms with Crippen LogP contribution in [0.1, 0.15) is 85.5 Å². The Hall–Kier alpha value is -0.730. The number of nitrogens with one attached hydrogen (secondary N) is 1. The van der Waals surface area contributed by atoms with Crippen molar-refractivity contribution in [1.82, 2.24) is 5.32 Å². The highest BCUT2D eigenvalue weighted by molar-refractivity contribution is 5.78. The molecule has 7 nitrogen and oxygen atoms in total. The zero-order valence-electron chi connectivity index (χ0n) is 20.0. The molecule has 9 atom stereocenters. The van der Waals surface area contributed by atoms with Crippen LogP contribution in [0.2, 0.25) is 0 Å². The Kier molecular flexibility index (Phi) is 11.2. The van der Waals surface area contributed by atoms with Crippen LogP contribution in [0.25, 0.3) is 0 Å². The van der Waals surface area contributed by atoms with Gasteiger partial charge in [0.2, 0.25) is 5.91 Å². The summed E-state index contributed by atoms with van der Waals surface area (Å²) in [6.45, 7) is 8.97. The number of amides is 1. The molecule has 0 radical (unpaired) electrons. The van der Waals surface area contributed by atoms with Crippen molar-refractivity contribution in [1.29, 1.82) is 0 Å². The van der Waals surface area contributed by atoms with Gasteiger partial charge in [-0.15, -0.1) is 0 Å². The summed E-state index contributed by atoms with van der Waals surface area (Å²) in [5.74, 6) is 1.17. The quantitative estimate of drug-likeness (QED) is 0.532. The second kappa shape index (κ2) is 13.1. The fourth-order valence-electron chi connectivity index (χ4n) is 4.97. The summed E-state index contributed by atoms with van der Waals surface area (Å²) in [5, 5.41) is 23.8. The summed E-state index contributed by atoms with van der Waals surface area (Å²) in [7, 11) is 0. The van der Waals surface area contributed by atoms with Crippen molar-refractivity contribution in [2.24, 2.45) is 23.5 Å². The predicted octanol–water partition coefficient (Wildman–Crippen LogP) is 2.71. The maximum absolute atomic E-state index is 12.5. The molecule has 0 saturated carbocycles. The van der Waals surface area contributed by atoms with E-state index in [2.05, 4.69) is 26.1 Å². The zero-order valence-corrected chi connectivity index (χ0v) is 20.0. The highest BCUT2D eigenvalue weighted by Crippen LogP contribution is 2.30. The van der Waals surface area contributed by atoms with E-state index in [9.17, 15) is 15.0 Å². The molecule has 182 valence electrons. The standard InChI is InChI=1S/C24H46N2O5/c1-5-17-11-8-14-26-23(29)18(6-2)10-7-9-15(3)12-13-19(17)31-24-22(28)20(25)21(27)16(4)30-24/h15-22,24,27-28H,5-14,25H2,1-4H3,(H,26,29)/t15-,16+,17-,18+,19-,20-,21+,22-,24+/m1/s1. The third-order valence-corrected chi connectivity index (χ3v) is 7.36. The van der Waals surface area contributed by atoms with E-state index in [0.717, 1.165) is 57.8 Å². The number of hydrogen-bond acceptors (Lipinski definition) is 6. The molecule has 0 aromatic rings. The number of ether oxygens (including phenoxy) is 2. The van der Waals surface area contributed by atoms with Crippen molar-refractivity contribution in [3.8, 4) is 0 Å². The average molecular weight is 443 g/mol. The minimum atomic E-state index is -1.06. The van der Waals surface area contributed by atoms with Crippen molar-refractivity contribution in [3.05, 3.63) is 0 Å². The number of rotatable bonds is 4. The number of carbonyl (C=O) groups is 1. The summed E-state index contributed by atoms with van der Waals surface area (Å²) < 4.78 is 12.1. The zero-order chi connectivity index (χ0) is 23.0. The Morgan fingerprint density at radius 2 is 1.77 bits per heavy atom. The van der Waals surface area contributed by atoms with E-state index >= 15 is 0 Å². The van der Waals surface area contributed by atoms with E-state index < -0.39 is 30.6 Å². The largest absolute Gasteiger partial charge is 0.389 e. The van der Waals surface area contributed by atoms with Crippen molar-refractivity contribution < 1.29 is 24.5 Å². The molecule has 1 amide bonds. The summed E-state index contributed by atoms with van der Waals surface area (Å²) in [6.07, 6.45) is 5.43. The maximum atomic E-state index is 12.5. The molecule has 5 N–H and O–H groups in total. The second-order valence-corrected chi connectivity index (χ2v) is 9.76. The number of nitrogens with two attached hydrogens (primary N) is 1. The summed E-state index contributed by atoms with van der Waals surface area (Å²) in [6, 6.07) is -0.784. The molecule has 2 heterocycles. The Balaban J connectivity index is 2.07. The molecule has 0 spiro atoms. The van der Waals surface area contributed by atoms with Crippen molar-refractivity contribution in [3.63, 3.8) is 0 Å².